The first-order valence-electron chi connectivity index (χ1n) is 7.07. The van der Waals surface area contributed by atoms with Crippen molar-refractivity contribution in [2.45, 2.75) is 53.5 Å². The quantitative estimate of drug-likeness (QED) is 0.638. The first-order valence-corrected chi connectivity index (χ1v) is 7.07. The molecule has 1 atom stereocenters. The van der Waals surface area contributed by atoms with Gasteiger partial charge in [-0.15, -0.1) is 0 Å². The highest BCUT2D eigenvalue weighted by atomic mass is 16.6. The van der Waals surface area contributed by atoms with Gasteiger partial charge in [0.1, 0.15) is 6.04 Å². The van der Waals surface area contributed by atoms with E-state index >= 15 is 0 Å². The van der Waals surface area contributed by atoms with Crippen LogP contribution in [0.1, 0.15) is 47.5 Å². The Kier molecular flexibility index (Phi) is 9.00. The smallest absolute Gasteiger partial charge is 0.410 e. The second-order valence-electron chi connectivity index (χ2n) is 4.79. The summed E-state index contributed by atoms with van der Waals surface area (Å²) in [5.41, 5.74) is 0. The lowest BCUT2D eigenvalue weighted by Crippen LogP contribution is -2.47. The van der Waals surface area contributed by atoms with E-state index in [1.54, 1.807) is 13.8 Å². The molecule has 0 radical (unpaired) electrons. The molecule has 5 heteroatoms. The molecule has 0 fully saturated rings. The normalized spacial score (nSPS) is 12.1. The maximum atomic E-state index is 12.0. The lowest BCUT2D eigenvalue weighted by Gasteiger charge is -2.30. The Balaban J connectivity index is 4.99. The summed E-state index contributed by atoms with van der Waals surface area (Å²) in [5, 5.41) is 0. The van der Waals surface area contributed by atoms with Crippen LogP contribution >= 0.6 is 0 Å². The van der Waals surface area contributed by atoms with Crippen molar-refractivity contribution in [1.29, 1.82) is 0 Å². The highest BCUT2D eigenvalue weighted by Crippen LogP contribution is 2.15. The zero-order chi connectivity index (χ0) is 14.8. The highest BCUT2D eigenvalue weighted by molar-refractivity contribution is 5.81. The van der Waals surface area contributed by atoms with Gasteiger partial charge < -0.3 is 9.47 Å². The van der Waals surface area contributed by atoms with Gasteiger partial charge in [-0.1, -0.05) is 20.8 Å². The second-order valence-corrected chi connectivity index (χ2v) is 4.79. The molecule has 0 unspecified atom stereocenters. The summed E-state index contributed by atoms with van der Waals surface area (Å²) in [4.78, 5) is 25.5. The molecule has 0 aromatic heterocycles. The molecule has 0 heterocycles. The zero-order valence-corrected chi connectivity index (χ0v) is 12.8. The molecule has 0 aromatic carbocycles. The van der Waals surface area contributed by atoms with Crippen molar-refractivity contribution < 1.29 is 19.1 Å². The number of carbonyl (C=O) groups excluding carboxylic acids is 2. The van der Waals surface area contributed by atoms with Gasteiger partial charge >= 0.3 is 12.1 Å². The Bertz CT molecular complexity index is 279. The first-order chi connectivity index (χ1) is 8.97. The fraction of sp³-hybridized carbons (Fsp3) is 0.857. The summed E-state index contributed by atoms with van der Waals surface area (Å²) >= 11 is 0. The molecule has 0 aliphatic heterocycles. The average Bonchev–Trinajstić information content (AvgIpc) is 2.33. The van der Waals surface area contributed by atoms with Crippen LogP contribution in [0.2, 0.25) is 0 Å². The van der Waals surface area contributed by atoms with E-state index in [1.807, 2.05) is 20.8 Å². The van der Waals surface area contributed by atoms with Gasteiger partial charge in [0.05, 0.1) is 13.2 Å². The number of amides is 1. The van der Waals surface area contributed by atoms with E-state index in [2.05, 4.69) is 0 Å². The highest BCUT2D eigenvalue weighted by Gasteiger charge is 2.31. The zero-order valence-electron chi connectivity index (χ0n) is 12.8. The van der Waals surface area contributed by atoms with Crippen LogP contribution in [0, 0.1) is 5.92 Å². The molecule has 5 nitrogen and oxygen atoms in total. The van der Waals surface area contributed by atoms with Gasteiger partial charge in [-0.05, 0) is 32.6 Å². The molecule has 112 valence electrons. The minimum Gasteiger partial charge on any atom is -0.464 e. The molecule has 19 heavy (non-hydrogen) atoms. The largest absolute Gasteiger partial charge is 0.464 e. The van der Waals surface area contributed by atoms with Crippen molar-refractivity contribution in [2.24, 2.45) is 5.92 Å². The van der Waals surface area contributed by atoms with Crippen LogP contribution < -0.4 is 0 Å². The minimum atomic E-state index is -0.557. The fourth-order valence-corrected chi connectivity index (χ4v) is 1.86. The van der Waals surface area contributed by atoms with Crippen LogP contribution in [0.3, 0.4) is 0 Å². The second kappa shape index (κ2) is 9.64. The topological polar surface area (TPSA) is 55.8 Å². The van der Waals surface area contributed by atoms with Gasteiger partial charge in [-0.3, -0.25) is 4.90 Å². The third-order valence-electron chi connectivity index (χ3n) is 2.60. The predicted molar refractivity (Wildman–Crippen MR) is 73.9 cm³/mol. The lowest BCUT2D eigenvalue weighted by atomic mass is 10.0. The van der Waals surface area contributed by atoms with E-state index in [9.17, 15) is 9.59 Å². The van der Waals surface area contributed by atoms with Gasteiger partial charge in [0.15, 0.2) is 0 Å². The van der Waals surface area contributed by atoms with Crippen molar-refractivity contribution in [3.8, 4) is 0 Å². The number of hydrogen-bond donors (Lipinski definition) is 0. The predicted octanol–water partition coefficient (Wildman–Crippen LogP) is 2.83. The molecular formula is C14H27NO4. The first kappa shape index (κ1) is 17.7. The average molecular weight is 273 g/mol. The van der Waals surface area contributed by atoms with Gasteiger partial charge in [-0.25, -0.2) is 9.59 Å². The van der Waals surface area contributed by atoms with E-state index < -0.39 is 12.1 Å². The van der Waals surface area contributed by atoms with Crippen LogP contribution in [-0.4, -0.2) is 42.8 Å². The molecule has 0 N–H and O–H groups in total. The number of hydrogen-bond acceptors (Lipinski definition) is 4. The third kappa shape index (κ3) is 6.45. The Morgan fingerprint density at radius 2 is 1.63 bits per heavy atom. The van der Waals surface area contributed by atoms with Crippen molar-refractivity contribution >= 4 is 12.1 Å². The Hall–Kier alpha value is -1.26. The van der Waals surface area contributed by atoms with E-state index in [1.165, 1.54) is 4.90 Å². The Labute approximate surface area is 116 Å². The van der Waals surface area contributed by atoms with Crippen LogP contribution in [0.15, 0.2) is 0 Å². The number of carbonyl (C=O) groups is 2. The molecular weight excluding hydrogens is 246 g/mol. The maximum Gasteiger partial charge on any atom is 0.410 e. The fourth-order valence-electron chi connectivity index (χ4n) is 1.86. The van der Waals surface area contributed by atoms with Gasteiger partial charge in [0.2, 0.25) is 0 Å². The summed E-state index contributed by atoms with van der Waals surface area (Å²) in [7, 11) is 0. The van der Waals surface area contributed by atoms with E-state index in [0.717, 1.165) is 6.42 Å². The number of esters is 1. The molecule has 1 amide bonds. The van der Waals surface area contributed by atoms with Crippen LogP contribution in [0.5, 0.6) is 0 Å². The van der Waals surface area contributed by atoms with Crippen LogP contribution in [0.25, 0.3) is 0 Å². The van der Waals surface area contributed by atoms with Crippen LogP contribution in [0.4, 0.5) is 4.79 Å². The monoisotopic (exact) mass is 273 g/mol. The molecule has 0 saturated carbocycles. The molecule has 0 aliphatic carbocycles. The van der Waals surface area contributed by atoms with Crippen molar-refractivity contribution in [1.82, 2.24) is 4.90 Å². The number of rotatable bonds is 8. The Morgan fingerprint density at radius 3 is 2.05 bits per heavy atom. The van der Waals surface area contributed by atoms with Crippen molar-refractivity contribution in [2.75, 3.05) is 19.8 Å². The van der Waals surface area contributed by atoms with E-state index in [4.69, 9.17) is 9.47 Å². The van der Waals surface area contributed by atoms with E-state index in [-0.39, 0.29) is 5.97 Å². The molecule has 0 bridgehead atoms. The van der Waals surface area contributed by atoms with Crippen LogP contribution in [-0.2, 0) is 14.3 Å². The Morgan fingerprint density at radius 1 is 1.05 bits per heavy atom. The summed E-state index contributed by atoms with van der Waals surface area (Å²) < 4.78 is 10.1. The summed E-state index contributed by atoms with van der Waals surface area (Å²) in [5.74, 6) is -0.0547. The molecule has 0 spiro atoms. The molecule has 0 rings (SSSR count). The summed E-state index contributed by atoms with van der Waals surface area (Å²) in [6.07, 6.45) is 0.910. The number of nitrogens with zero attached hydrogens (tertiary/aromatic N) is 1. The van der Waals surface area contributed by atoms with E-state index in [0.29, 0.717) is 32.1 Å². The summed E-state index contributed by atoms with van der Waals surface area (Å²) in [6, 6.07) is -0.557. The SMILES string of the molecule is CCCN(C(=O)OCC)[C@@H](CC(C)C)C(=O)OCC. The van der Waals surface area contributed by atoms with Gasteiger partial charge in [0, 0.05) is 6.54 Å². The summed E-state index contributed by atoms with van der Waals surface area (Å²) in [6.45, 7) is 10.6. The number of ether oxygens (including phenoxy) is 2. The molecule has 0 saturated heterocycles. The molecule has 0 aliphatic rings. The van der Waals surface area contributed by atoms with Crippen molar-refractivity contribution in [3.63, 3.8) is 0 Å². The van der Waals surface area contributed by atoms with Crippen molar-refractivity contribution in [3.05, 3.63) is 0 Å². The lowest BCUT2D eigenvalue weighted by molar-refractivity contribution is -0.149. The minimum absolute atomic E-state index is 0.295. The van der Waals surface area contributed by atoms with Gasteiger partial charge in [-0.2, -0.15) is 0 Å². The standard InChI is InChI=1S/C14H27NO4/c1-6-9-15(14(17)19-8-3)12(10-11(4)5)13(16)18-7-2/h11-12H,6-10H2,1-5H3/t12-/m0/s1. The van der Waals surface area contributed by atoms with Gasteiger partial charge in [0.25, 0.3) is 0 Å². The third-order valence-corrected chi connectivity index (χ3v) is 2.60. The maximum absolute atomic E-state index is 12.0. The molecule has 0 aromatic rings.